The number of hydrogen-bond donors (Lipinski definition) is 1. The monoisotopic (exact) mass is 374 g/mol. The third kappa shape index (κ3) is 3.92. The molecule has 0 saturated heterocycles. The lowest BCUT2D eigenvalue weighted by Crippen LogP contribution is -2.43. The fourth-order valence-corrected chi connectivity index (χ4v) is 3.60. The van der Waals surface area contributed by atoms with Crippen molar-refractivity contribution in [1.29, 1.82) is 0 Å². The first-order chi connectivity index (χ1) is 9.58. The minimum Gasteiger partial charge on any atom is -0.398 e. The molecule has 1 aromatic rings. The van der Waals surface area contributed by atoms with Crippen LogP contribution in [-0.4, -0.2) is 23.4 Å². The summed E-state index contributed by atoms with van der Waals surface area (Å²) in [6, 6.07) is 4.29. The maximum Gasteiger partial charge on any atom is 0.222 e. The van der Waals surface area contributed by atoms with Gasteiger partial charge in [-0.15, -0.1) is 12.4 Å². The van der Waals surface area contributed by atoms with Crippen molar-refractivity contribution in [1.82, 2.24) is 4.90 Å². The van der Waals surface area contributed by atoms with Gasteiger partial charge >= 0.3 is 0 Å². The molecule has 1 aromatic carbocycles. The Bertz CT molecular complexity index is 507. The average Bonchev–Trinajstić information content (AvgIpc) is 2.47. The molecule has 5 heteroatoms. The van der Waals surface area contributed by atoms with Gasteiger partial charge in [-0.1, -0.05) is 29.8 Å². The summed E-state index contributed by atoms with van der Waals surface area (Å²) in [5, 5.41) is 0. The number of benzene rings is 1. The third-order valence-electron chi connectivity index (χ3n) is 4.11. The van der Waals surface area contributed by atoms with E-state index in [0.717, 1.165) is 42.4 Å². The van der Waals surface area contributed by atoms with E-state index in [0.29, 0.717) is 12.5 Å². The zero-order chi connectivity index (χ0) is 14.7. The number of carbonyl (C=O) groups excluding carboxylic acids is 1. The van der Waals surface area contributed by atoms with E-state index in [1.165, 1.54) is 11.1 Å². The summed E-state index contributed by atoms with van der Waals surface area (Å²) in [5.41, 5.74) is 9.50. The van der Waals surface area contributed by atoms with Crippen molar-refractivity contribution in [3.8, 4) is 0 Å². The van der Waals surface area contributed by atoms with E-state index in [1.807, 2.05) is 19.1 Å². The Morgan fingerprint density at radius 3 is 2.71 bits per heavy atom. The van der Waals surface area contributed by atoms with Crippen LogP contribution < -0.4 is 5.73 Å². The highest BCUT2D eigenvalue weighted by atomic mass is 79.9. The second-order valence-corrected chi connectivity index (χ2v) is 6.29. The van der Waals surface area contributed by atoms with E-state index >= 15 is 0 Å². The molecule has 1 aliphatic rings. The van der Waals surface area contributed by atoms with E-state index < -0.39 is 0 Å². The van der Waals surface area contributed by atoms with Crippen molar-refractivity contribution < 1.29 is 4.79 Å². The number of nitrogens with zero attached hydrogens (tertiary/aromatic N) is 1. The fraction of sp³-hybridized carbons (Fsp3) is 0.562. The van der Waals surface area contributed by atoms with Crippen LogP contribution >= 0.6 is 28.3 Å². The zero-order valence-electron chi connectivity index (χ0n) is 12.7. The molecule has 0 radical (unpaired) electrons. The Morgan fingerprint density at radius 2 is 2.10 bits per heavy atom. The number of amides is 1. The third-order valence-corrected chi connectivity index (χ3v) is 4.85. The second-order valence-electron chi connectivity index (χ2n) is 5.43. The maximum atomic E-state index is 12.2. The molecule has 0 heterocycles. The molecular weight excluding hydrogens is 352 g/mol. The molecule has 0 aliphatic heterocycles. The molecule has 0 spiro atoms. The largest absolute Gasteiger partial charge is 0.398 e. The van der Waals surface area contributed by atoms with Crippen molar-refractivity contribution in [2.24, 2.45) is 0 Å². The lowest BCUT2D eigenvalue weighted by Gasteiger charge is -2.36. The predicted octanol–water partition coefficient (Wildman–Crippen LogP) is 3.96. The number of hydrogen-bond acceptors (Lipinski definition) is 2. The normalized spacial score (nSPS) is 16.8. The molecule has 2 N–H and O–H groups in total. The van der Waals surface area contributed by atoms with Crippen LogP contribution in [0.5, 0.6) is 0 Å². The molecule has 3 nitrogen and oxygen atoms in total. The zero-order valence-corrected chi connectivity index (χ0v) is 15.1. The highest BCUT2D eigenvalue weighted by molar-refractivity contribution is 9.10. The van der Waals surface area contributed by atoms with E-state index in [2.05, 4.69) is 27.8 Å². The lowest BCUT2D eigenvalue weighted by molar-refractivity contribution is -0.133. The molecule has 0 bridgehead atoms. The van der Waals surface area contributed by atoms with E-state index in [-0.39, 0.29) is 18.3 Å². The minimum absolute atomic E-state index is 0. The summed E-state index contributed by atoms with van der Waals surface area (Å²) in [5.74, 6) is 0.264. The first kappa shape index (κ1) is 18.3. The van der Waals surface area contributed by atoms with Crippen molar-refractivity contribution >= 4 is 39.9 Å². The highest BCUT2D eigenvalue weighted by Crippen LogP contribution is 2.34. The van der Waals surface area contributed by atoms with Crippen LogP contribution in [0.1, 0.15) is 44.2 Å². The van der Waals surface area contributed by atoms with Gasteiger partial charge in [-0.2, -0.15) is 0 Å². The molecule has 1 aliphatic carbocycles. The number of rotatable bonds is 4. The molecule has 1 atom stereocenters. The van der Waals surface area contributed by atoms with Crippen LogP contribution in [0.25, 0.3) is 0 Å². The Labute approximate surface area is 141 Å². The summed E-state index contributed by atoms with van der Waals surface area (Å²) in [6.45, 7) is 4.92. The van der Waals surface area contributed by atoms with Crippen LogP contribution in [0.2, 0.25) is 0 Å². The Balaban J connectivity index is 0.00000220. The van der Waals surface area contributed by atoms with Crippen molar-refractivity contribution in [3.63, 3.8) is 0 Å². The van der Waals surface area contributed by atoms with Crippen molar-refractivity contribution in [2.75, 3.05) is 12.3 Å². The standard InChI is InChI=1S/C16H23BrN2O.ClH/c1-3-9-19(16(20)4-2)11-5-6-12-13(10-11)14(17)7-8-15(12)18;/h7-8,11H,3-6,9-10,18H2,1-2H3;1H. The fourth-order valence-electron chi connectivity index (χ4n) is 3.07. The van der Waals surface area contributed by atoms with Crippen LogP contribution in [0.15, 0.2) is 16.6 Å². The predicted molar refractivity (Wildman–Crippen MR) is 93.9 cm³/mol. The topological polar surface area (TPSA) is 46.3 Å². The number of nitrogens with two attached hydrogens (primary N) is 1. The van der Waals surface area contributed by atoms with Gasteiger partial charge in [0.05, 0.1) is 0 Å². The van der Waals surface area contributed by atoms with Gasteiger partial charge < -0.3 is 10.6 Å². The second kappa shape index (κ2) is 8.04. The Morgan fingerprint density at radius 1 is 1.38 bits per heavy atom. The van der Waals surface area contributed by atoms with Gasteiger partial charge in [0, 0.05) is 29.2 Å². The van der Waals surface area contributed by atoms with Crippen LogP contribution in [0.4, 0.5) is 5.69 Å². The summed E-state index contributed by atoms with van der Waals surface area (Å²) in [7, 11) is 0. The lowest BCUT2D eigenvalue weighted by atomic mass is 9.86. The maximum absolute atomic E-state index is 12.2. The van der Waals surface area contributed by atoms with Gasteiger partial charge in [-0.05, 0) is 48.9 Å². The summed E-state index contributed by atoms with van der Waals surface area (Å²) < 4.78 is 1.12. The highest BCUT2D eigenvalue weighted by Gasteiger charge is 2.28. The average molecular weight is 376 g/mol. The Kier molecular flexibility index (Phi) is 7.01. The van der Waals surface area contributed by atoms with Crippen LogP contribution in [-0.2, 0) is 17.6 Å². The number of halogens is 2. The SMILES string of the molecule is CCCN(C(=O)CC)C1CCc2c(N)ccc(Br)c2C1.Cl. The molecule has 118 valence electrons. The number of fused-ring (bicyclic) bond motifs is 1. The Hall–Kier alpha value is -0.740. The summed E-state index contributed by atoms with van der Waals surface area (Å²) in [6.07, 6.45) is 4.48. The van der Waals surface area contributed by atoms with Crippen molar-refractivity contribution in [2.45, 2.75) is 52.0 Å². The number of carbonyl (C=O) groups is 1. The van der Waals surface area contributed by atoms with E-state index in [4.69, 9.17) is 5.73 Å². The quantitative estimate of drug-likeness (QED) is 0.810. The van der Waals surface area contributed by atoms with Gasteiger partial charge in [0.25, 0.3) is 0 Å². The smallest absolute Gasteiger partial charge is 0.222 e. The van der Waals surface area contributed by atoms with E-state index in [1.54, 1.807) is 0 Å². The van der Waals surface area contributed by atoms with Crippen LogP contribution in [0.3, 0.4) is 0 Å². The molecule has 21 heavy (non-hydrogen) atoms. The molecule has 2 rings (SSSR count). The molecule has 1 amide bonds. The van der Waals surface area contributed by atoms with Crippen molar-refractivity contribution in [3.05, 3.63) is 27.7 Å². The van der Waals surface area contributed by atoms with Gasteiger partial charge in [0.15, 0.2) is 0 Å². The first-order valence-electron chi connectivity index (χ1n) is 7.43. The van der Waals surface area contributed by atoms with E-state index in [9.17, 15) is 4.79 Å². The molecule has 0 fully saturated rings. The molecule has 0 saturated carbocycles. The van der Waals surface area contributed by atoms with Gasteiger partial charge in [-0.25, -0.2) is 0 Å². The van der Waals surface area contributed by atoms with Crippen LogP contribution in [0, 0.1) is 0 Å². The molecule has 1 unspecified atom stereocenters. The minimum atomic E-state index is 0. The number of nitrogen functional groups attached to an aromatic ring is 1. The summed E-state index contributed by atoms with van der Waals surface area (Å²) >= 11 is 3.63. The summed E-state index contributed by atoms with van der Waals surface area (Å²) in [4.78, 5) is 14.2. The van der Waals surface area contributed by atoms with Gasteiger partial charge in [-0.3, -0.25) is 4.79 Å². The number of anilines is 1. The van der Waals surface area contributed by atoms with Gasteiger partial charge in [0.1, 0.15) is 0 Å². The van der Waals surface area contributed by atoms with Gasteiger partial charge in [0.2, 0.25) is 5.91 Å². The molecule has 0 aromatic heterocycles. The molecular formula is C16H24BrClN2O. The first-order valence-corrected chi connectivity index (χ1v) is 8.22.